The van der Waals surface area contributed by atoms with E-state index in [0.717, 1.165) is 4.90 Å². The minimum atomic E-state index is -1.96. The fourth-order valence-corrected chi connectivity index (χ4v) is 4.17. The van der Waals surface area contributed by atoms with Crippen LogP contribution in [-0.4, -0.2) is 66.7 Å². The molecule has 0 aliphatic carbocycles. The number of aliphatic hydroxyl groups is 1. The summed E-state index contributed by atoms with van der Waals surface area (Å²) in [6.45, 7) is 1.10. The zero-order valence-electron chi connectivity index (χ0n) is 17.0. The van der Waals surface area contributed by atoms with Crippen molar-refractivity contribution in [3.63, 3.8) is 0 Å². The molecule has 8 heteroatoms. The molecule has 2 fully saturated rings. The molecule has 1 N–H and O–H groups in total. The molecule has 0 radical (unpaired) electrons. The highest BCUT2D eigenvalue weighted by molar-refractivity contribution is 6.54. The van der Waals surface area contributed by atoms with Gasteiger partial charge in [0.15, 0.2) is 0 Å². The third-order valence-corrected chi connectivity index (χ3v) is 5.53. The Morgan fingerprint density at radius 2 is 1.58 bits per heavy atom. The van der Waals surface area contributed by atoms with Gasteiger partial charge in [0.2, 0.25) is 5.66 Å². The first kappa shape index (κ1) is 20.8. The standard InChI is InChI=1S/C23H22N2O6/c1-30-22(29)23(24-12-14-31-15-13-24)18(19(26)16-8-4-2-5-9-16)20(27)21(28)25(23)17-10-6-3-7-11-17/h2-11,26H,12-15H2,1H3/t23-/m0/s1. The number of ether oxygens (including phenoxy) is 2. The topological polar surface area (TPSA) is 96.4 Å². The molecule has 0 bridgehead atoms. The number of morpholine rings is 1. The second-order valence-electron chi connectivity index (χ2n) is 7.16. The third-order valence-electron chi connectivity index (χ3n) is 5.53. The van der Waals surface area contributed by atoms with Crippen molar-refractivity contribution in [3.8, 4) is 0 Å². The Labute approximate surface area is 179 Å². The van der Waals surface area contributed by atoms with Gasteiger partial charge in [-0.25, -0.2) is 4.79 Å². The summed E-state index contributed by atoms with van der Waals surface area (Å²) >= 11 is 0. The Kier molecular flexibility index (Phi) is 5.58. The quantitative estimate of drug-likeness (QED) is 0.347. The predicted molar refractivity (Wildman–Crippen MR) is 112 cm³/mol. The number of hydrogen-bond acceptors (Lipinski definition) is 7. The monoisotopic (exact) mass is 422 g/mol. The number of carbonyl (C=O) groups excluding carboxylic acids is 3. The van der Waals surface area contributed by atoms with Crippen LogP contribution in [-0.2, 0) is 23.9 Å². The van der Waals surface area contributed by atoms with Crippen LogP contribution < -0.4 is 4.90 Å². The smallest absolute Gasteiger partial charge is 0.352 e. The molecule has 2 aliphatic rings. The maximum Gasteiger partial charge on any atom is 0.352 e. The van der Waals surface area contributed by atoms with Gasteiger partial charge in [-0.05, 0) is 12.1 Å². The van der Waals surface area contributed by atoms with E-state index in [1.165, 1.54) is 7.11 Å². The van der Waals surface area contributed by atoms with Gasteiger partial charge in [-0.1, -0.05) is 48.5 Å². The van der Waals surface area contributed by atoms with Crippen LogP contribution in [0, 0.1) is 0 Å². The van der Waals surface area contributed by atoms with Crippen LogP contribution in [0.5, 0.6) is 0 Å². The van der Waals surface area contributed by atoms with Gasteiger partial charge in [0.1, 0.15) is 11.3 Å². The molecule has 2 saturated heterocycles. The average Bonchev–Trinajstić information content (AvgIpc) is 3.07. The summed E-state index contributed by atoms with van der Waals surface area (Å²) < 4.78 is 10.6. The first-order valence-electron chi connectivity index (χ1n) is 9.87. The van der Waals surface area contributed by atoms with Crippen molar-refractivity contribution in [2.45, 2.75) is 5.66 Å². The summed E-state index contributed by atoms with van der Waals surface area (Å²) in [5.41, 5.74) is -1.63. The minimum absolute atomic E-state index is 0.255. The van der Waals surface area contributed by atoms with E-state index in [1.807, 2.05) is 0 Å². The number of anilines is 1. The van der Waals surface area contributed by atoms with Crippen molar-refractivity contribution in [1.29, 1.82) is 0 Å². The van der Waals surface area contributed by atoms with Crippen LogP contribution in [0.15, 0.2) is 66.2 Å². The molecule has 0 unspecified atom stereocenters. The Morgan fingerprint density at radius 1 is 1.00 bits per heavy atom. The molecule has 2 heterocycles. The highest BCUT2D eigenvalue weighted by Crippen LogP contribution is 2.44. The molecule has 4 rings (SSSR count). The largest absolute Gasteiger partial charge is 0.507 e. The van der Waals surface area contributed by atoms with E-state index in [-0.39, 0.29) is 18.7 Å². The summed E-state index contributed by atoms with van der Waals surface area (Å²) in [5, 5.41) is 11.2. The van der Waals surface area contributed by atoms with Crippen molar-refractivity contribution < 1.29 is 29.0 Å². The van der Waals surface area contributed by atoms with E-state index in [2.05, 4.69) is 0 Å². The molecule has 1 atom stereocenters. The number of aliphatic hydroxyl groups excluding tert-OH is 1. The molecular formula is C23H22N2O6. The molecule has 31 heavy (non-hydrogen) atoms. The maximum absolute atomic E-state index is 13.5. The number of amides is 1. The summed E-state index contributed by atoms with van der Waals surface area (Å²) in [7, 11) is 1.19. The maximum atomic E-state index is 13.5. The molecule has 0 aromatic heterocycles. The molecular weight excluding hydrogens is 400 g/mol. The molecule has 1 amide bonds. The summed E-state index contributed by atoms with van der Waals surface area (Å²) in [5.74, 6) is -3.15. The lowest BCUT2D eigenvalue weighted by Crippen LogP contribution is -2.67. The number of ketones is 1. The number of nitrogens with zero attached hydrogens (tertiary/aromatic N) is 2. The van der Waals surface area contributed by atoms with Crippen molar-refractivity contribution in [2.75, 3.05) is 38.3 Å². The predicted octanol–water partition coefficient (Wildman–Crippen LogP) is 1.77. The lowest BCUT2D eigenvalue weighted by molar-refractivity contribution is -0.155. The van der Waals surface area contributed by atoms with Gasteiger partial charge in [0, 0.05) is 24.3 Å². The molecule has 0 saturated carbocycles. The molecule has 0 spiro atoms. The first-order chi connectivity index (χ1) is 15.0. The summed E-state index contributed by atoms with van der Waals surface area (Å²) in [6.07, 6.45) is 0. The summed E-state index contributed by atoms with van der Waals surface area (Å²) in [6, 6.07) is 16.8. The molecule has 2 aromatic carbocycles. The van der Waals surface area contributed by atoms with Crippen LogP contribution in [0.4, 0.5) is 5.69 Å². The van der Waals surface area contributed by atoms with Crippen LogP contribution in [0.25, 0.3) is 5.76 Å². The number of benzene rings is 2. The van der Waals surface area contributed by atoms with Crippen molar-refractivity contribution in [2.24, 2.45) is 0 Å². The van der Waals surface area contributed by atoms with Crippen LogP contribution >= 0.6 is 0 Å². The zero-order chi connectivity index (χ0) is 22.0. The zero-order valence-corrected chi connectivity index (χ0v) is 17.0. The highest BCUT2D eigenvalue weighted by atomic mass is 16.5. The van der Waals surface area contributed by atoms with E-state index in [0.29, 0.717) is 24.5 Å². The Bertz CT molecular complexity index is 1030. The lowest BCUT2D eigenvalue weighted by Gasteiger charge is -2.45. The van der Waals surface area contributed by atoms with Gasteiger partial charge in [0.25, 0.3) is 5.78 Å². The van der Waals surface area contributed by atoms with Gasteiger partial charge < -0.3 is 14.6 Å². The van der Waals surface area contributed by atoms with E-state index >= 15 is 0 Å². The summed E-state index contributed by atoms with van der Waals surface area (Å²) in [4.78, 5) is 42.8. The van der Waals surface area contributed by atoms with Crippen molar-refractivity contribution in [3.05, 3.63) is 71.8 Å². The van der Waals surface area contributed by atoms with Gasteiger partial charge in [-0.2, -0.15) is 0 Å². The first-order valence-corrected chi connectivity index (χ1v) is 9.87. The van der Waals surface area contributed by atoms with Crippen LogP contribution in [0.2, 0.25) is 0 Å². The minimum Gasteiger partial charge on any atom is -0.507 e. The van der Waals surface area contributed by atoms with Crippen molar-refractivity contribution >= 4 is 29.1 Å². The van der Waals surface area contributed by atoms with E-state index in [1.54, 1.807) is 65.6 Å². The molecule has 2 aromatic rings. The number of carbonyl (C=O) groups is 3. The second kappa shape index (κ2) is 8.33. The normalized spacial score (nSPS) is 23.7. The Morgan fingerprint density at radius 3 is 2.16 bits per heavy atom. The third kappa shape index (κ3) is 3.20. The fraction of sp³-hybridized carbons (Fsp3) is 0.261. The fourth-order valence-electron chi connectivity index (χ4n) is 4.17. The van der Waals surface area contributed by atoms with Gasteiger partial charge in [-0.15, -0.1) is 0 Å². The number of para-hydroxylation sites is 1. The van der Waals surface area contributed by atoms with Gasteiger partial charge in [-0.3, -0.25) is 19.4 Å². The molecule has 2 aliphatic heterocycles. The Balaban J connectivity index is 2.06. The highest BCUT2D eigenvalue weighted by Gasteiger charge is 2.66. The SMILES string of the molecule is COC(=O)[C@]1(N2CCOCC2)C(=C(O)c2ccccc2)C(=O)C(=O)N1c1ccccc1. The number of Topliss-reactive ketones (excluding diaryl/α,β-unsaturated/α-hetero) is 1. The van der Waals surface area contributed by atoms with Crippen molar-refractivity contribution in [1.82, 2.24) is 4.90 Å². The lowest BCUT2D eigenvalue weighted by atomic mass is 9.92. The number of esters is 1. The van der Waals surface area contributed by atoms with E-state index < -0.39 is 29.1 Å². The number of hydrogen-bond donors (Lipinski definition) is 1. The van der Waals surface area contributed by atoms with Gasteiger partial charge in [0.05, 0.1) is 20.3 Å². The van der Waals surface area contributed by atoms with Crippen LogP contribution in [0.1, 0.15) is 5.56 Å². The van der Waals surface area contributed by atoms with Crippen LogP contribution in [0.3, 0.4) is 0 Å². The van der Waals surface area contributed by atoms with E-state index in [4.69, 9.17) is 9.47 Å². The number of methoxy groups -OCH3 is 1. The van der Waals surface area contributed by atoms with Gasteiger partial charge >= 0.3 is 11.9 Å². The molecule has 8 nitrogen and oxygen atoms in total. The Hall–Kier alpha value is -3.49. The number of rotatable bonds is 4. The van der Waals surface area contributed by atoms with E-state index in [9.17, 15) is 19.5 Å². The molecule has 160 valence electrons. The second-order valence-corrected chi connectivity index (χ2v) is 7.16. The average molecular weight is 422 g/mol.